The number of anilines is 1. The van der Waals surface area contributed by atoms with E-state index in [1.54, 1.807) is 23.0 Å². The van der Waals surface area contributed by atoms with Gasteiger partial charge in [0.2, 0.25) is 10.1 Å². The average Bonchev–Trinajstić information content (AvgIpc) is 3.22. The Labute approximate surface area is 156 Å². The Morgan fingerprint density at radius 3 is 2.70 bits per heavy atom. The third-order valence-corrected chi connectivity index (χ3v) is 4.89. The highest BCUT2D eigenvalue weighted by Gasteiger charge is 2.30. The van der Waals surface area contributed by atoms with Gasteiger partial charge in [0, 0.05) is 24.5 Å². The zero-order valence-electron chi connectivity index (χ0n) is 13.9. The third-order valence-electron chi connectivity index (χ3n) is 4.01. The minimum Gasteiger partial charge on any atom is -0.360 e. The Hall–Kier alpha value is -2.94. The van der Waals surface area contributed by atoms with Gasteiger partial charge in [0.05, 0.1) is 17.5 Å². The number of pyridine rings is 1. The predicted molar refractivity (Wildman–Crippen MR) is 97.7 cm³/mol. The van der Waals surface area contributed by atoms with Gasteiger partial charge < -0.3 is 5.32 Å². The molecule has 0 amide bonds. The molecule has 0 saturated carbocycles. The van der Waals surface area contributed by atoms with Gasteiger partial charge in [0.1, 0.15) is 0 Å². The van der Waals surface area contributed by atoms with E-state index in [-0.39, 0.29) is 0 Å². The molecule has 1 aromatic carbocycles. The van der Waals surface area contributed by atoms with E-state index in [4.69, 9.17) is 0 Å². The smallest absolute Gasteiger partial charge is 0.360 e. The summed E-state index contributed by atoms with van der Waals surface area (Å²) in [6, 6.07) is 9.06. The van der Waals surface area contributed by atoms with Crippen LogP contribution in [-0.4, -0.2) is 26.1 Å². The van der Waals surface area contributed by atoms with Crippen molar-refractivity contribution in [3.63, 3.8) is 0 Å². The lowest BCUT2D eigenvalue weighted by atomic mass is 10.1. The topological polar surface area (TPSA) is 55.1 Å². The molecule has 138 valence electrons. The molecule has 3 aromatic heterocycles. The molecule has 0 aliphatic carbocycles. The van der Waals surface area contributed by atoms with Crippen LogP contribution in [0.15, 0.2) is 55.0 Å². The van der Waals surface area contributed by atoms with Crippen LogP contribution in [0.1, 0.15) is 11.1 Å². The van der Waals surface area contributed by atoms with Crippen molar-refractivity contribution in [3.05, 3.63) is 66.1 Å². The number of nitrogens with one attached hydrogen (secondary N) is 1. The van der Waals surface area contributed by atoms with Gasteiger partial charge in [-0.3, -0.25) is 4.98 Å². The maximum Gasteiger partial charge on any atom is 0.416 e. The summed E-state index contributed by atoms with van der Waals surface area (Å²) in [6.07, 6.45) is 1.45. The Bertz CT molecular complexity index is 1060. The number of hydrogen-bond donors (Lipinski definition) is 1. The fourth-order valence-corrected chi connectivity index (χ4v) is 3.48. The zero-order valence-corrected chi connectivity index (χ0v) is 14.8. The van der Waals surface area contributed by atoms with Crippen LogP contribution in [0.25, 0.3) is 16.2 Å². The molecule has 4 aromatic rings. The van der Waals surface area contributed by atoms with E-state index >= 15 is 0 Å². The number of aromatic nitrogens is 4. The molecule has 0 atom stereocenters. The van der Waals surface area contributed by atoms with Gasteiger partial charge >= 0.3 is 6.18 Å². The molecule has 0 spiro atoms. The Morgan fingerprint density at radius 2 is 1.93 bits per heavy atom. The highest BCUT2D eigenvalue weighted by Crippen LogP contribution is 2.33. The van der Waals surface area contributed by atoms with Gasteiger partial charge in [-0.05, 0) is 36.2 Å². The molecule has 0 bridgehead atoms. The second-order valence-electron chi connectivity index (χ2n) is 5.86. The average molecular weight is 389 g/mol. The van der Waals surface area contributed by atoms with Crippen LogP contribution in [0.4, 0.5) is 18.3 Å². The number of rotatable bonds is 5. The molecule has 1 N–H and O–H groups in total. The van der Waals surface area contributed by atoms with Crippen LogP contribution in [0.5, 0.6) is 0 Å². The highest BCUT2D eigenvalue weighted by molar-refractivity contribution is 7.20. The van der Waals surface area contributed by atoms with E-state index in [2.05, 4.69) is 20.4 Å². The summed E-state index contributed by atoms with van der Waals surface area (Å²) in [7, 11) is 0. The molecular formula is C18H14F3N5S. The predicted octanol–water partition coefficient (Wildman–Crippen LogP) is 4.53. The van der Waals surface area contributed by atoms with E-state index in [1.165, 1.54) is 23.6 Å². The highest BCUT2D eigenvalue weighted by atomic mass is 32.1. The zero-order chi connectivity index (χ0) is 18.9. The number of alkyl halides is 3. The van der Waals surface area contributed by atoms with Crippen LogP contribution in [-0.2, 0) is 12.6 Å². The van der Waals surface area contributed by atoms with Gasteiger partial charge in [0.25, 0.3) is 0 Å². The lowest BCUT2D eigenvalue weighted by Crippen LogP contribution is -2.05. The van der Waals surface area contributed by atoms with Gasteiger partial charge in [-0.1, -0.05) is 23.5 Å². The maximum atomic E-state index is 13.0. The van der Waals surface area contributed by atoms with Crippen molar-refractivity contribution in [2.45, 2.75) is 12.6 Å². The van der Waals surface area contributed by atoms with Crippen molar-refractivity contribution in [1.82, 2.24) is 19.6 Å². The van der Waals surface area contributed by atoms with E-state index < -0.39 is 11.7 Å². The summed E-state index contributed by atoms with van der Waals surface area (Å²) < 4.78 is 40.4. The summed E-state index contributed by atoms with van der Waals surface area (Å²) in [5.41, 5.74) is 1.41. The fraction of sp³-hybridized carbons (Fsp3) is 0.167. The summed E-state index contributed by atoms with van der Waals surface area (Å²) >= 11 is 1.35. The lowest BCUT2D eigenvalue weighted by Gasteiger charge is -2.07. The van der Waals surface area contributed by atoms with E-state index in [9.17, 15) is 13.2 Å². The molecule has 4 rings (SSSR count). The Balaban J connectivity index is 1.54. The fourth-order valence-electron chi connectivity index (χ4n) is 2.68. The van der Waals surface area contributed by atoms with Crippen LogP contribution in [0.2, 0.25) is 0 Å². The number of hydrogen-bond acceptors (Lipinski definition) is 5. The van der Waals surface area contributed by atoms with Crippen molar-refractivity contribution in [1.29, 1.82) is 0 Å². The number of halogens is 3. The number of benzene rings is 1. The van der Waals surface area contributed by atoms with Crippen molar-refractivity contribution < 1.29 is 13.2 Å². The van der Waals surface area contributed by atoms with Gasteiger partial charge in [-0.2, -0.15) is 13.2 Å². The standard InChI is InChI=1S/C18H14F3N5S/c19-18(20,21)14-3-1-2-13(10-14)15-11-24-17-26(15)25-16(27-17)23-9-6-12-4-7-22-8-5-12/h1-5,7-8,10-11H,6,9H2,(H,23,25). The monoisotopic (exact) mass is 389 g/mol. The minimum atomic E-state index is -4.39. The van der Waals surface area contributed by atoms with Crippen molar-refractivity contribution >= 4 is 21.4 Å². The molecule has 3 heterocycles. The number of imidazole rings is 1. The van der Waals surface area contributed by atoms with E-state index in [0.29, 0.717) is 27.9 Å². The normalized spacial score (nSPS) is 11.8. The number of fused-ring (bicyclic) bond motifs is 1. The minimum absolute atomic E-state index is 0.422. The van der Waals surface area contributed by atoms with Crippen molar-refractivity contribution in [2.75, 3.05) is 11.9 Å². The second kappa shape index (κ2) is 6.99. The molecule has 0 saturated heterocycles. The molecule has 0 aliphatic rings. The lowest BCUT2D eigenvalue weighted by molar-refractivity contribution is -0.137. The molecule has 27 heavy (non-hydrogen) atoms. The van der Waals surface area contributed by atoms with Gasteiger partial charge in [-0.25, -0.2) is 9.50 Å². The van der Waals surface area contributed by atoms with Crippen LogP contribution in [0.3, 0.4) is 0 Å². The Kier molecular flexibility index (Phi) is 4.53. The van der Waals surface area contributed by atoms with Crippen molar-refractivity contribution in [3.8, 4) is 11.3 Å². The molecule has 0 radical (unpaired) electrons. The van der Waals surface area contributed by atoms with Gasteiger partial charge in [0.15, 0.2) is 0 Å². The third kappa shape index (κ3) is 3.77. The SMILES string of the molecule is FC(F)(F)c1cccc(-c2cnc3sc(NCCc4ccncc4)nn23)c1. The first kappa shape index (κ1) is 17.5. The second-order valence-corrected chi connectivity index (χ2v) is 6.81. The molecule has 0 aliphatic heterocycles. The van der Waals surface area contributed by atoms with E-state index in [0.717, 1.165) is 24.1 Å². The first-order chi connectivity index (χ1) is 13.0. The van der Waals surface area contributed by atoms with Crippen LogP contribution < -0.4 is 5.32 Å². The van der Waals surface area contributed by atoms with Gasteiger partial charge in [-0.15, -0.1) is 5.10 Å². The summed E-state index contributed by atoms with van der Waals surface area (Å²) in [5, 5.41) is 8.34. The molecule has 0 unspecified atom stereocenters. The van der Waals surface area contributed by atoms with Crippen LogP contribution >= 0.6 is 11.3 Å². The summed E-state index contributed by atoms with van der Waals surface area (Å²) in [5.74, 6) is 0. The number of nitrogens with zero attached hydrogens (tertiary/aromatic N) is 4. The summed E-state index contributed by atoms with van der Waals surface area (Å²) in [6.45, 7) is 0.680. The molecule has 5 nitrogen and oxygen atoms in total. The first-order valence-corrected chi connectivity index (χ1v) is 8.97. The Morgan fingerprint density at radius 1 is 1.11 bits per heavy atom. The van der Waals surface area contributed by atoms with Crippen molar-refractivity contribution in [2.24, 2.45) is 0 Å². The molecule has 9 heteroatoms. The quantitative estimate of drug-likeness (QED) is 0.545. The molecular weight excluding hydrogens is 375 g/mol. The maximum absolute atomic E-state index is 13.0. The molecule has 0 fully saturated rings. The first-order valence-electron chi connectivity index (χ1n) is 8.16. The van der Waals surface area contributed by atoms with E-state index in [1.807, 2.05) is 12.1 Å². The van der Waals surface area contributed by atoms with Crippen LogP contribution in [0, 0.1) is 0 Å². The summed E-state index contributed by atoms with van der Waals surface area (Å²) in [4.78, 5) is 8.86. The largest absolute Gasteiger partial charge is 0.416 e.